The largest absolute Gasteiger partial charge is 0.383 e. The number of hydrogen-bond donors (Lipinski definition) is 1. The summed E-state index contributed by atoms with van der Waals surface area (Å²) >= 11 is 1.56. The molecule has 86 valence electrons. The summed E-state index contributed by atoms with van der Waals surface area (Å²) in [6.45, 7) is 6.48. The summed E-state index contributed by atoms with van der Waals surface area (Å²) in [5.41, 5.74) is 5.40. The number of ether oxygens (including phenoxy) is 1. The van der Waals surface area contributed by atoms with Crippen LogP contribution >= 0.6 is 11.3 Å². The minimum atomic E-state index is -0.499. The van der Waals surface area contributed by atoms with Gasteiger partial charge >= 0.3 is 0 Å². The Balaban J connectivity index is 2.53. The number of anilines is 1. The number of hydrogen-bond acceptors (Lipinski definition) is 5. The van der Waals surface area contributed by atoms with Gasteiger partial charge in [-0.3, -0.25) is 0 Å². The normalized spacial score (nSPS) is 12.2. The fraction of sp³-hybridized carbons (Fsp3) is 0.455. The van der Waals surface area contributed by atoms with E-state index >= 15 is 0 Å². The van der Waals surface area contributed by atoms with Crippen molar-refractivity contribution in [2.24, 2.45) is 0 Å². The summed E-state index contributed by atoms with van der Waals surface area (Å²) in [5, 5.41) is 2.88. The van der Waals surface area contributed by atoms with Crippen molar-refractivity contribution in [3.05, 3.63) is 17.3 Å². The first-order valence-corrected chi connectivity index (χ1v) is 6.07. The van der Waals surface area contributed by atoms with Gasteiger partial charge < -0.3 is 10.5 Å². The molecule has 0 bridgehead atoms. The van der Waals surface area contributed by atoms with Crippen LogP contribution < -0.4 is 5.73 Å². The zero-order valence-electron chi connectivity index (χ0n) is 9.65. The molecule has 5 heteroatoms. The Bertz CT molecular complexity index is 507. The van der Waals surface area contributed by atoms with Gasteiger partial charge in [-0.15, -0.1) is 11.3 Å². The van der Waals surface area contributed by atoms with E-state index < -0.39 is 5.60 Å². The highest BCUT2D eigenvalue weighted by molar-refractivity contribution is 7.16. The molecule has 0 aliphatic carbocycles. The summed E-state index contributed by atoms with van der Waals surface area (Å²) in [5.74, 6) is 1.16. The molecule has 2 aromatic heterocycles. The minimum absolute atomic E-state index is 0.499. The highest BCUT2D eigenvalue weighted by Gasteiger charge is 2.25. The molecule has 0 fully saturated rings. The molecule has 4 nitrogen and oxygen atoms in total. The predicted octanol–water partition coefficient (Wildman–Crippen LogP) is 2.55. The second-order valence-electron chi connectivity index (χ2n) is 4.02. The Hall–Kier alpha value is -1.20. The van der Waals surface area contributed by atoms with E-state index in [1.807, 2.05) is 32.2 Å². The monoisotopic (exact) mass is 237 g/mol. The van der Waals surface area contributed by atoms with E-state index in [4.69, 9.17) is 10.5 Å². The van der Waals surface area contributed by atoms with Crippen LogP contribution in [-0.2, 0) is 10.3 Å². The third-order valence-electron chi connectivity index (χ3n) is 2.40. The molecule has 2 heterocycles. The average molecular weight is 237 g/mol. The topological polar surface area (TPSA) is 61.0 Å². The summed E-state index contributed by atoms with van der Waals surface area (Å²) in [7, 11) is 0. The van der Waals surface area contributed by atoms with Crippen molar-refractivity contribution in [2.75, 3.05) is 12.3 Å². The maximum Gasteiger partial charge on any atom is 0.163 e. The number of rotatable bonds is 3. The second-order valence-corrected chi connectivity index (χ2v) is 4.91. The summed E-state index contributed by atoms with van der Waals surface area (Å²) < 4.78 is 5.62. The lowest BCUT2D eigenvalue weighted by molar-refractivity contribution is -0.0204. The van der Waals surface area contributed by atoms with Crippen molar-refractivity contribution >= 4 is 27.4 Å². The van der Waals surface area contributed by atoms with Crippen LogP contribution in [0, 0.1) is 0 Å². The van der Waals surface area contributed by atoms with E-state index in [0.29, 0.717) is 18.2 Å². The second kappa shape index (κ2) is 3.99. The Morgan fingerprint density at radius 3 is 2.88 bits per heavy atom. The van der Waals surface area contributed by atoms with Crippen LogP contribution in [0.1, 0.15) is 26.6 Å². The minimum Gasteiger partial charge on any atom is -0.383 e. The fourth-order valence-corrected chi connectivity index (χ4v) is 2.34. The Kier molecular flexibility index (Phi) is 2.82. The predicted molar refractivity (Wildman–Crippen MR) is 66.5 cm³/mol. The van der Waals surface area contributed by atoms with Gasteiger partial charge in [0.15, 0.2) is 5.82 Å². The zero-order valence-corrected chi connectivity index (χ0v) is 10.5. The van der Waals surface area contributed by atoms with E-state index in [1.54, 1.807) is 11.3 Å². The number of fused-ring (bicyclic) bond motifs is 1. The van der Waals surface area contributed by atoms with Crippen molar-refractivity contribution in [2.45, 2.75) is 26.4 Å². The van der Waals surface area contributed by atoms with Gasteiger partial charge in [0.2, 0.25) is 0 Å². The van der Waals surface area contributed by atoms with Crippen LogP contribution in [0.5, 0.6) is 0 Å². The molecule has 2 rings (SSSR count). The SMILES string of the molecule is CCOC(C)(C)c1nc(N)c2ccsc2n1. The van der Waals surface area contributed by atoms with E-state index in [1.165, 1.54) is 0 Å². The number of nitrogens with zero attached hydrogens (tertiary/aromatic N) is 2. The van der Waals surface area contributed by atoms with Gasteiger partial charge in [0, 0.05) is 6.61 Å². The van der Waals surface area contributed by atoms with Gasteiger partial charge in [-0.25, -0.2) is 9.97 Å². The molecule has 0 spiro atoms. The standard InChI is InChI=1S/C11H15N3OS/c1-4-15-11(2,3)10-13-8(12)7-5-6-16-9(7)14-10/h5-6H,4H2,1-3H3,(H2,12,13,14). The van der Waals surface area contributed by atoms with Crippen molar-refractivity contribution in [3.63, 3.8) is 0 Å². The first-order chi connectivity index (χ1) is 7.54. The van der Waals surface area contributed by atoms with Crippen LogP contribution in [0.15, 0.2) is 11.4 Å². The number of aromatic nitrogens is 2. The summed E-state index contributed by atoms with van der Waals surface area (Å²) in [6, 6.07) is 1.94. The maximum atomic E-state index is 5.89. The van der Waals surface area contributed by atoms with E-state index in [-0.39, 0.29) is 0 Å². The van der Waals surface area contributed by atoms with Crippen LogP contribution in [-0.4, -0.2) is 16.6 Å². The lowest BCUT2D eigenvalue weighted by Crippen LogP contribution is -2.25. The molecule has 0 saturated carbocycles. The van der Waals surface area contributed by atoms with Crippen molar-refractivity contribution in [3.8, 4) is 0 Å². The molecule has 2 N–H and O–H groups in total. The van der Waals surface area contributed by atoms with E-state index in [9.17, 15) is 0 Å². The van der Waals surface area contributed by atoms with Crippen LogP contribution in [0.4, 0.5) is 5.82 Å². The maximum absolute atomic E-state index is 5.89. The lowest BCUT2D eigenvalue weighted by atomic mass is 10.1. The van der Waals surface area contributed by atoms with Crippen molar-refractivity contribution < 1.29 is 4.74 Å². The van der Waals surface area contributed by atoms with Gasteiger partial charge in [0.25, 0.3) is 0 Å². The van der Waals surface area contributed by atoms with Gasteiger partial charge in [-0.2, -0.15) is 0 Å². The van der Waals surface area contributed by atoms with Crippen molar-refractivity contribution in [1.29, 1.82) is 0 Å². The molecule has 0 saturated heterocycles. The Labute approximate surface area is 98.5 Å². The Morgan fingerprint density at radius 1 is 1.44 bits per heavy atom. The molecule has 0 aliphatic heterocycles. The average Bonchev–Trinajstić information content (AvgIpc) is 2.65. The number of nitrogens with two attached hydrogens (primary N) is 1. The molecule has 0 unspecified atom stereocenters. The zero-order chi connectivity index (χ0) is 11.8. The van der Waals surface area contributed by atoms with Gasteiger partial charge in [0.05, 0.1) is 5.39 Å². The number of nitrogen functional groups attached to an aromatic ring is 1. The van der Waals surface area contributed by atoms with E-state index in [2.05, 4.69) is 9.97 Å². The van der Waals surface area contributed by atoms with Gasteiger partial charge in [-0.05, 0) is 32.2 Å². The third kappa shape index (κ3) is 1.88. The van der Waals surface area contributed by atoms with Crippen LogP contribution in [0.25, 0.3) is 10.2 Å². The molecular weight excluding hydrogens is 222 g/mol. The van der Waals surface area contributed by atoms with Gasteiger partial charge in [0.1, 0.15) is 16.2 Å². The first-order valence-electron chi connectivity index (χ1n) is 5.19. The van der Waals surface area contributed by atoms with Gasteiger partial charge in [-0.1, -0.05) is 0 Å². The molecule has 0 atom stereocenters. The first kappa shape index (κ1) is 11.3. The highest BCUT2D eigenvalue weighted by atomic mass is 32.1. The smallest absolute Gasteiger partial charge is 0.163 e. The summed E-state index contributed by atoms with van der Waals surface area (Å²) in [6.07, 6.45) is 0. The molecule has 16 heavy (non-hydrogen) atoms. The molecular formula is C11H15N3OS. The van der Waals surface area contributed by atoms with Crippen LogP contribution in [0.3, 0.4) is 0 Å². The van der Waals surface area contributed by atoms with Crippen LogP contribution in [0.2, 0.25) is 0 Å². The molecule has 0 amide bonds. The quantitative estimate of drug-likeness (QED) is 0.891. The highest BCUT2D eigenvalue weighted by Crippen LogP contribution is 2.28. The third-order valence-corrected chi connectivity index (χ3v) is 3.20. The van der Waals surface area contributed by atoms with E-state index in [0.717, 1.165) is 10.2 Å². The molecule has 0 radical (unpaired) electrons. The lowest BCUT2D eigenvalue weighted by Gasteiger charge is -2.22. The fourth-order valence-electron chi connectivity index (χ4n) is 1.57. The molecule has 0 aliphatic rings. The Morgan fingerprint density at radius 2 is 2.19 bits per heavy atom. The molecule has 2 aromatic rings. The summed E-state index contributed by atoms with van der Waals surface area (Å²) in [4.78, 5) is 9.71. The van der Waals surface area contributed by atoms with Crippen molar-refractivity contribution in [1.82, 2.24) is 9.97 Å². The molecule has 0 aromatic carbocycles. The number of thiophene rings is 1.